The van der Waals surface area contributed by atoms with Crippen molar-refractivity contribution < 1.29 is 14.3 Å². The number of nitrogens with two attached hydrogens (primary N) is 1. The molecule has 0 spiro atoms. The molecule has 0 amide bonds. The van der Waals surface area contributed by atoms with E-state index in [1.807, 2.05) is 24.3 Å². The van der Waals surface area contributed by atoms with Crippen molar-refractivity contribution in [1.82, 2.24) is 4.90 Å². The molecule has 1 aliphatic heterocycles. The highest BCUT2D eigenvalue weighted by atomic mass is 16.5. The van der Waals surface area contributed by atoms with Gasteiger partial charge in [0, 0.05) is 25.2 Å². The van der Waals surface area contributed by atoms with Crippen LogP contribution >= 0.6 is 0 Å². The van der Waals surface area contributed by atoms with Crippen LogP contribution in [0.1, 0.15) is 19.4 Å². The van der Waals surface area contributed by atoms with E-state index in [9.17, 15) is 4.79 Å². The molecule has 2 rings (SSSR count). The van der Waals surface area contributed by atoms with Crippen LogP contribution in [-0.2, 0) is 16.1 Å². The van der Waals surface area contributed by atoms with Gasteiger partial charge in [-0.3, -0.25) is 9.69 Å². The predicted molar refractivity (Wildman–Crippen MR) is 76.4 cm³/mol. The number of benzene rings is 1. The Labute approximate surface area is 119 Å². The van der Waals surface area contributed by atoms with E-state index in [0.29, 0.717) is 19.8 Å². The van der Waals surface area contributed by atoms with Crippen molar-refractivity contribution in [2.75, 3.05) is 26.3 Å². The van der Waals surface area contributed by atoms with Gasteiger partial charge in [0.1, 0.15) is 17.9 Å². The first-order chi connectivity index (χ1) is 9.53. The molecule has 1 aliphatic rings. The van der Waals surface area contributed by atoms with Crippen molar-refractivity contribution in [3.8, 4) is 5.75 Å². The first kappa shape index (κ1) is 14.8. The van der Waals surface area contributed by atoms with E-state index >= 15 is 0 Å². The normalized spacial score (nSPS) is 18.4. The van der Waals surface area contributed by atoms with Crippen LogP contribution in [0.25, 0.3) is 0 Å². The van der Waals surface area contributed by atoms with Gasteiger partial charge in [0.05, 0.1) is 6.61 Å². The topological polar surface area (TPSA) is 64.8 Å². The van der Waals surface area contributed by atoms with Crippen molar-refractivity contribution in [3.63, 3.8) is 0 Å². The average Bonchev–Trinajstić information content (AvgIpc) is 2.59. The fourth-order valence-corrected chi connectivity index (χ4v) is 2.34. The summed E-state index contributed by atoms with van der Waals surface area (Å²) in [4.78, 5) is 14.0. The number of nitrogens with zero attached hydrogens (tertiary/aromatic N) is 1. The molecule has 1 aromatic carbocycles. The van der Waals surface area contributed by atoms with Gasteiger partial charge in [-0.1, -0.05) is 18.2 Å². The molecule has 0 aromatic heterocycles. The summed E-state index contributed by atoms with van der Waals surface area (Å²) < 4.78 is 10.7. The maximum Gasteiger partial charge on any atom is 0.327 e. The third kappa shape index (κ3) is 3.49. The van der Waals surface area contributed by atoms with Gasteiger partial charge in [0.25, 0.3) is 0 Å². The second-order valence-corrected chi connectivity index (χ2v) is 5.30. The lowest BCUT2D eigenvalue weighted by atomic mass is 10.0. The number of esters is 1. The molecule has 2 N–H and O–H groups in total. The van der Waals surface area contributed by atoms with Gasteiger partial charge in [-0.2, -0.15) is 0 Å². The highest BCUT2D eigenvalue weighted by Crippen LogP contribution is 2.23. The monoisotopic (exact) mass is 278 g/mol. The van der Waals surface area contributed by atoms with Crippen LogP contribution in [0.5, 0.6) is 5.75 Å². The van der Waals surface area contributed by atoms with Crippen LogP contribution in [-0.4, -0.2) is 42.7 Å². The van der Waals surface area contributed by atoms with Gasteiger partial charge in [-0.25, -0.2) is 0 Å². The maximum atomic E-state index is 11.9. The van der Waals surface area contributed by atoms with Gasteiger partial charge in [0.2, 0.25) is 0 Å². The van der Waals surface area contributed by atoms with Crippen LogP contribution in [0.15, 0.2) is 24.3 Å². The lowest BCUT2D eigenvalue weighted by Gasteiger charge is -2.29. The molecule has 0 fully saturated rings. The van der Waals surface area contributed by atoms with Gasteiger partial charge >= 0.3 is 5.97 Å². The van der Waals surface area contributed by atoms with E-state index < -0.39 is 5.54 Å². The highest BCUT2D eigenvalue weighted by molar-refractivity contribution is 5.80. The molecule has 0 bridgehead atoms. The Morgan fingerprint density at radius 2 is 2.25 bits per heavy atom. The first-order valence-electron chi connectivity index (χ1n) is 6.92. The summed E-state index contributed by atoms with van der Waals surface area (Å²) in [5, 5.41) is 0. The minimum absolute atomic E-state index is 0.345. The Morgan fingerprint density at radius 3 is 3.00 bits per heavy atom. The highest BCUT2D eigenvalue weighted by Gasteiger charge is 2.33. The molecule has 1 unspecified atom stereocenters. The van der Waals surface area contributed by atoms with E-state index in [0.717, 1.165) is 24.4 Å². The zero-order chi connectivity index (χ0) is 14.6. The Kier molecular flexibility index (Phi) is 4.62. The SMILES string of the molecule is CCOC(=O)C(C)(N)CN1CCOc2ccccc2C1. The van der Waals surface area contributed by atoms with E-state index in [2.05, 4.69) is 4.90 Å². The lowest BCUT2D eigenvalue weighted by Crippen LogP contribution is -2.54. The molecular formula is C15H22N2O3. The fourth-order valence-electron chi connectivity index (χ4n) is 2.34. The van der Waals surface area contributed by atoms with Gasteiger partial charge in [-0.05, 0) is 19.9 Å². The Morgan fingerprint density at radius 1 is 1.50 bits per heavy atom. The van der Waals surface area contributed by atoms with Crippen LogP contribution in [0.4, 0.5) is 0 Å². The molecule has 0 radical (unpaired) electrons. The van der Waals surface area contributed by atoms with Gasteiger partial charge < -0.3 is 15.2 Å². The summed E-state index contributed by atoms with van der Waals surface area (Å²) in [6, 6.07) is 7.94. The zero-order valence-electron chi connectivity index (χ0n) is 12.1. The van der Waals surface area contributed by atoms with Crippen molar-refractivity contribution in [1.29, 1.82) is 0 Å². The zero-order valence-corrected chi connectivity index (χ0v) is 12.1. The smallest absolute Gasteiger partial charge is 0.327 e. The minimum Gasteiger partial charge on any atom is -0.492 e. The molecule has 5 heteroatoms. The molecule has 1 aromatic rings. The van der Waals surface area contributed by atoms with Crippen molar-refractivity contribution in [2.45, 2.75) is 25.9 Å². The Bertz CT molecular complexity index is 474. The van der Waals surface area contributed by atoms with E-state index in [1.54, 1.807) is 13.8 Å². The standard InChI is InChI=1S/C15H22N2O3/c1-3-19-14(18)15(2,16)11-17-8-9-20-13-7-5-4-6-12(13)10-17/h4-7H,3,8-11,16H2,1-2H3. The quantitative estimate of drug-likeness (QED) is 0.837. The van der Waals surface area contributed by atoms with Gasteiger partial charge in [-0.15, -0.1) is 0 Å². The molecule has 0 saturated heterocycles. The number of carbonyl (C=O) groups excluding carboxylic acids is 1. The average molecular weight is 278 g/mol. The molecular weight excluding hydrogens is 256 g/mol. The number of rotatable bonds is 4. The number of para-hydroxylation sites is 1. The first-order valence-corrected chi connectivity index (χ1v) is 6.92. The third-order valence-corrected chi connectivity index (χ3v) is 3.33. The van der Waals surface area contributed by atoms with E-state index in [-0.39, 0.29) is 5.97 Å². The maximum absolute atomic E-state index is 11.9. The van der Waals surface area contributed by atoms with Crippen molar-refractivity contribution in [2.24, 2.45) is 5.73 Å². The van der Waals surface area contributed by atoms with Crippen LogP contribution in [0, 0.1) is 0 Å². The number of fused-ring (bicyclic) bond motifs is 1. The molecule has 1 atom stereocenters. The Hall–Kier alpha value is -1.59. The third-order valence-electron chi connectivity index (χ3n) is 3.33. The fraction of sp³-hybridized carbons (Fsp3) is 0.533. The van der Waals surface area contributed by atoms with E-state index in [4.69, 9.17) is 15.2 Å². The number of ether oxygens (including phenoxy) is 2. The largest absolute Gasteiger partial charge is 0.492 e. The Balaban J connectivity index is 2.05. The van der Waals surface area contributed by atoms with Gasteiger partial charge in [0.15, 0.2) is 0 Å². The summed E-state index contributed by atoms with van der Waals surface area (Å²) in [5.74, 6) is 0.545. The molecule has 110 valence electrons. The minimum atomic E-state index is -1.00. The summed E-state index contributed by atoms with van der Waals surface area (Å²) in [5.41, 5.74) is 6.20. The second-order valence-electron chi connectivity index (χ2n) is 5.30. The summed E-state index contributed by atoms with van der Waals surface area (Å²) in [6.45, 7) is 6.34. The number of carbonyl (C=O) groups is 1. The van der Waals surface area contributed by atoms with Crippen LogP contribution in [0.3, 0.4) is 0 Å². The van der Waals surface area contributed by atoms with E-state index in [1.165, 1.54) is 0 Å². The molecule has 0 aliphatic carbocycles. The van der Waals surface area contributed by atoms with Crippen molar-refractivity contribution >= 4 is 5.97 Å². The predicted octanol–water partition coefficient (Wildman–Crippen LogP) is 1.16. The molecule has 0 saturated carbocycles. The number of hydrogen-bond acceptors (Lipinski definition) is 5. The van der Waals surface area contributed by atoms with Crippen molar-refractivity contribution in [3.05, 3.63) is 29.8 Å². The van der Waals surface area contributed by atoms with Crippen LogP contribution < -0.4 is 10.5 Å². The lowest BCUT2D eigenvalue weighted by molar-refractivity contribution is -0.149. The van der Waals surface area contributed by atoms with Crippen LogP contribution in [0.2, 0.25) is 0 Å². The summed E-state index contributed by atoms with van der Waals surface area (Å²) >= 11 is 0. The summed E-state index contributed by atoms with van der Waals surface area (Å²) in [6.07, 6.45) is 0. The summed E-state index contributed by atoms with van der Waals surface area (Å²) in [7, 11) is 0. The molecule has 5 nitrogen and oxygen atoms in total. The molecule has 20 heavy (non-hydrogen) atoms. The molecule has 1 heterocycles. The number of hydrogen-bond donors (Lipinski definition) is 1. The second kappa shape index (κ2) is 6.24.